The molecule has 2 rings (SSSR count). The summed E-state index contributed by atoms with van der Waals surface area (Å²) in [6.07, 6.45) is 1.18. The zero-order chi connectivity index (χ0) is 17.2. The van der Waals surface area contributed by atoms with Crippen molar-refractivity contribution in [2.45, 2.75) is 39.3 Å². The van der Waals surface area contributed by atoms with Gasteiger partial charge in [-0.3, -0.25) is 10.1 Å². The number of amides is 1. The standard InChI is InChI=1S/C15H22N4O4/c1-11-10-17(14(20)23-15(2,3)4)8-9-18(11)13-12(19(21)22)6-5-7-16-13/h5-7,11H,8-10H2,1-4H3. The summed E-state index contributed by atoms with van der Waals surface area (Å²) >= 11 is 0. The van der Waals surface area contributed by atoms with Crippen molar-refractivity contribution in [3.8, 4) is 0 Å². The van der Waals surface area contributed by atoms with Crippen LogP contribution in [0.4, 0.5) is 16.3 Å². The van der Waals surface area contributed by atoms with E-state index in [9.17, 15) is 14.9 Å². The van der Waals surface area contributed by atoms with Crippen LogP contribution in [0, 0.1) is 10.1 Å². The van der Waals surface area contributed by atoms with Gasteiger partial charge in [0, 0.05) is 37.9 Å². The van der Waals surface area contributed by atoms with Crippen molar-refractivity contribution >= 4 is 17.6 Å². The topological polar surface area (TPSA) is 88.8 Å². The van der Waals surface area contributed by atoms with Crippen molar-refractivity contribution in [1.29, 1.82) is 0 Å². The molecule has 1 atom stereocenters. The van der Waals surface area contributed by atoms with Crippen LogP contribution in [0.1, 0.15) is 27.7 Å². The number of piperazine rings is 1. The monoisotopic (exact) mass is 322 g/mol. The van der Waals surface area contributed by atoms with Crippen LogP contribution in [0.2, 0.25) is 0 Å². The van der Waals surface area contributed by atoms with E-state index in [-0.39, 0.29) is 17.8 Å². The molecule has 8 nitrogen and oxygen atoms in total. The molecule has 8 heteroatoms. The molecular weight excluding hydrogens is 300 g/mol. The van der Waals surface area contributed by atoms with Crippen molar-refractivity contribution in [1.82, 2.24) is 9.88 Å². The molecule has 0 aromatic carbocycles. The van der Waals surface area contributed by atoms with Gasteiger partial charge in [0.1, 0.15) is 5.60 Å². The summed E-state index contributed by atoms with van der Waals surface area (Å²) in [5.41, 5.74) is -0.568. The lowest BCUT2D eigenvalue weighted by molar-refractivity contribution is -0.384. The Kier molecular flexibility index (Phi) is 4.72. The van der Waals surface area contributed by atoms with E-state index >= 15 is 0 Å². The summed E-state index contributed by atoms with van der Waals surface area (Å²) in [6.45, 7) is 8.72. The van der Waals surface area contributed by atoms with E-state index in [1.807, 2.05) is 32.6 Å². The van der Waals surface area contributed by atoms with Gasteiger partial charge < -0.3 is 14.5 Å². The van der Waals surface area contributed by atoms with Crippen LogP contribution in [0.5, 0.6) is 0 Å². The third-order valence-corrected chi connectivity index (χ3v) is 3.51. The SMILES string of the molecule is CC1CN(C(=O)OC(C)(C)C)CCN1c1ncccc1[N+](=O)[O-]. The van der Waals surface area contributed by atoms with Gasteiger partial charge in [0.15, 0.2) is 0 Å². The molecule has 0 aliphatic carbocycles. The van der Waals surface area contributed by atoms with Gasteiger partial charge in [-0.05, 0) is 33.8 Å². The van der Waals surface area contributed by atoms with E-state index in [2.05, 4.69) is 4.98 Å². The minimum absolute atomic E-state index is 0.0231. The van der Waals surface area contributed by atoms with Gasteiger partial charge in [0.25, 0.3) is 0 Å². The summed E-state index contributed by atoms with van der Waals surface area (Å²) < 4.78 is 5.37. The lowest BCUT2D eigenvalue weighted by Gasteiger charge is -2.40. The molecule has 0 bridgehead atoms. The predicted octanol–water partition coefficient (Wildman–Crippen LogP) is 2.44. The van der Waals surface area contributed by atoms with Crippen molar-refractivity contribution in [3.63, 3.8) is 0 Å². The number of pyridine rings is 1. The molecule has 1 aliphatic heterocycles. The second-order valence-corrected chi connectivity index (χ2v) is 6.57. The highest BCUT2D eigenvalue weighted by Crippen LogP contribution is 2.28. The minimum Gasteiger partial charge on any atom is -0.444 e. The van der Waals surface area contributed by atoms with Gasteiger partial charge in [-0.1, -0.05) is 0 Å². The highest BCUT2D eigenvalue weighted by molar-refractivity contribution is 5.69. The average molecular weight is 322 g/mol. The summed E-state index contributed by atoms with van der Waals surface area (Å²) in [5, 5.41) is 11.2. The first-order valence-electron chi connectivity index (χ1n) is 7.53. The van der Waals surface area contributed by atoms with Gasteiger partial charge >= 0.3 is 11.8 Å². The second kappa shape index (κ2) is 6.39. The first-order chi connectivity index (χ1) is 10.7. The summed E-state index contributed by atoms with van der Waals surface area (Å²) in [4.78, 5) is 30.5. The molecule has 1 saturated heterocycles. The van der Waals surface area contributed by atoms with Crippen LogP contribution in [0.3, 0.4) is 0 Å². The number of hydrogen-bond donors (Lipinski definition) is 0. The molecule has 0 saturated carbocycles. The molecule has 1 amide bonds. The van der Waals surface area contributed by atoms with Crippen LogP contribution in [-0.4, -0.2) is 52.2 Å². The van der Waals surface area contributed by atoms with E-state index < -0.39 is 10.5 Å². The van der Waals surface area contributed by atoms with Crippen molar-refractivity contribution in [2.24, 2.45) is 0 Å². The number of carbonyl (C=O) groups is 1. The molecule has 1 unspecified atom stereocenters. The number of aromatic nitrogens is 1. The number of nitrogens with zero attached hydrogens (tertiary/aromatic N) is 4. The Balaban J connectivity index is 2.11. The van der Waals surface area contributed by atoms with Gasteiger partial charge in [-0.15, -0.1) is 0 Å². The Morgan fingerprint density at radius 2 is 2.13 bits per heavy atom. The third kappa shape index (κ3) is 4.08. The zero-order valence-corrected chi connectivity index (χ0v) is 13.9. The van der Waals surface area contributed by atoms with Crippen LogP contribution >= 0.6 is 0 Å². The van der Waals surface area contributed by atoms with Crippen LogP contribution < -0.4 is 4.90 Å². The van der Waals surface area contributed by atoms with E-state index in [4.69, 9.17) is 4.74 Å². The highest BCUT2D eigenvalue weighted by atomic mass is 16.6. The molecule has 126 valence electrons. The highest BCUT2D eigenvalue weighted by Gasteiger charge is 2.33. The summed E-state index contributed by atoms with van der Waals surface area (Å²) in [7, 11) is 0. The van der Waals surface area contributed by atoms with E-state index in [0.29, 0.717) is 25.5 Å². The van der Waals surface area contributed by atoms with Crippen LogP contribution in [0.25, 0.3) is 0 Å². The fourth-order valence-corrected chi connectivity index (χ4v) is 2.52. The Morgan fingerprint density at radius 1 is 1.43 bits per heavy atom. The molecule has 0 spiro atoms. The molecule has 1 fully saturated rings. The van der Waals surface area contributed by atoms with Crippen molar-refractivity contribution in [2.75, 3.05) is 24.5 Å². The Labute approximate surface area is 135 Å². The number of hydrogen-bond acceptors (Lipinski definition) is 6. The first kappa shape index (κ1) is 17.0. The number of carbonyl (C=O) groups excluding carboxylic acids is 1. The molecule has 0 N–H and O–H groups in total. The molecular formula is C15H22N4O4. The number of nitro groups is 1. The zero-order valence-electron chi connectivity index (χ0n) is 13.9. The summed E-state index contributed by atoms with van der Waals surface area (Å²) in [5.74, 6) is 0.342. The predicted molar refractivity (Wildman–Crippen MR) is 85.5 cm³/mol. The van der Waals surface area contributed by atoms with E-state index in [0.717, 1.165) is 0 Å². The minimum atomic E-state index is -0.544. The lowest BCUT2D eigenvalue weighted by atomic mass is 10.2. The van der Waals surface area contributed by atoms with Gasteiger partial charge in [0.05, 0.1) is 4.92 Å². The fourth-order valence-electron chi connectivity index (χ4n) is 2.52. The third-order valence-electron chi connectivity index (χ3n) is 3.51. The normalized spacial score (nSPS) is 18.7. The van der Waals surface area contributed by atoms with Gasteiger partial charge in [0.2, 0.25) is 5.82 Å². The van der Waals surface area contributed by atoms with Gasteiger partial charge in [-0.25, -0.2) is 9.78 Å². The molecule has 0 radical (unpaired) electrons. The molecule has 1 aliphatic rings. The smallest absolute Gasteiger partial charge is 0.410 e. The van der Waals surface area contributed by atoms with Crippen LogP contribution in [0.15, 0.2) is 18.3 Å². The molecule has 1 aromatic heterocycles. The molecule has 1 aromatic rings. The summed E-state index contributed by atoms with van der Waals surface area (Å²) in [6, 6.07) is 2.89. The maximum atomic E-state index is 12.1. The number of anilines is 1. The fraction of sp³-hybridized carbons (Fsp3) is 0.600. The average Bonchev–Trinajstić information content (AvgIpc) is 2.45. The maximum absolute atomic E-state index is 12.1. The second-order valence-electron chi connectivity index (χ2n) is 6.57. The van der Waals surface area contributed by atoms with Crippen LogP contribution in [-0.2, 0) is 4.74 Å². The quantitative estimate of drug-likeness (QED) is 0.614. The number of rotatable bonds is 2. The van der Waals surface area contributed by atoms with Crippen molar-refractivity contribution in [3.05, 3.63) is 28.4 Å². The number of ether oxygens (including phenoxy) is 1. The molecule has 2 heterocycles. The van der Waals surface area contributed by atoms with E-state index in [1.54, 1.807) is 11.0 Å². The Bertz CT molecular complexity index is 599. The molecule has 23 heavy (non-hydrogen) atoms. The lowest BCUT2D eigenvalue weighted by Crippen LogP contribution is -2.55. The van der Waals surface area contributed by atoms with E-state index in [1.165, 1.54) is 12.3 Å². The van der Waals surface area contributed by atoms with Gasteiger partial charge in [-0.2, -0.15) is 0 Å². The first-order valence-corrected chi connectivity index (χ1v) is 7.53. The Morgan fingerprint density at radius 3 is 2.70 bits per heavy atom. The Hall–Kier alpha value is -2.38. The maximum Gasteiger partial charge on any atom is 0.410 e. The van der Waals surface area contributed by atoms with Crippen molar-refractivity contribution < 1.29 is 14.5 Å². The largest absolute Gasteiger partial charge is 0.444 e.